The highest BCUT2D eigenvalue weighted by molar-refractivity contribution is 5.79. The molecule has 0 bridgehead atoms. The number of benzene rings is 1. The molecule has 0 aliphatic rings. The molecule has 0 heterocycles. The fourth-order valence-corrected chi connectivity index (χ4v) is 1.85. The predicted molar refractivity (Wildman–Crippen MR) is 83.5 cm³/mol. The number of amides is 2. The molecule has 116 valence electrons. The highest BCUT2D eigenvalue weighted by Crippen LogP contribution is 2.12. The van der Waals surface area contributed by atoms with Gasteiger partial charge in [0.1, 0.15) is 0 Å². The Morgan fingerprint density at radius 2 is 1.86 bits per heavy atom. The van der Waals surface area contributed by atoms with Gasteiger partial charge in [0, 0.05) is 31.5 Å². The van der Waals surface area contributed by atoms with E-state index in [1.165, 1.54) is 0 Å². The van der Waals surface area contributed by atoms with Crippen LogP contribution in [0.4, 0.5) is 0 Å². The number of carbonyl (C=O) groups is 2. The van der Waals surface area contributed by atoms with Crippen molar-refractivity contribution in [3.63, 3.8) is 0 Å². The van der Waals surface area contributed by atoms with Gasteiger partial charge in [-0.1, -0.05) is 37.3 Å². The van der Waals surface area contributed by atoms with Crippen molar-refractivity contribution in [2.24, 2.45) is 5.73 Å². The molecule has 5 nitrogen and oxygen atoms in total. The summed E-state index contributed by atoms with van der Waals surface area (Å²) in [5.41, 5.74) is 6.90. The van der Waals surface area contributed by atoms with Crippen LogP contribution in [0.2, 0.25) is 0 Å². The standard InChI is InChI=1S/C16H25N3O2/c1-3-12(2)19-15(20)9-10-18-16(21)11-14(17)13-7-5-4-6-8-13/h4-8,12,14H,3,9-11,17H2,1-2H3,(H,18,21)(H,19,20). The minimum absolute atomic E-state index is 0.0444. The molecule has 0 aliphatic carbocycles. The first kappa shape index (κ1) is 17.2. The van der Waals surface area contributed by atoms with Crippen molar-refractivity contribution in [2.75, 3.05) is 6.54 Å². The van der Waals surface area contributed by atoms with Crippen LogP contribution in [0.5, 0.6) is 0 Å². The van der Waals surface area contributed by atoms with Crippen LogP contribution in [0.3, 0.4) is 0 Å². The highest BCUT2D eigenvalue weighted by Gasteiger charge is 2.11. The topological polar surface area (TPSA) is 84.2 Å². The molecule has 2 amide bonds. The Morgan fingerprint density at radius 3 is 2.48 bits per heavy atom. The molecule has 4 N–H and O–H groups in total. The maximum atomic E-state index is 11.8. The quantitative estimate of drug-likeness (QED) is 0.678. The summed E-state index contributed by atoms with van der Waals surface area (Å²) < 4.78 is 0. The van der Waals surface area contributed by atoms with Crippen molar-refractivity contribution >= 4 is 11.8 Å². The summed E-state index contributed by atoms with van der Waals surface area (Å²) >= 11 is 0. The van der Waals surface area contributed by atoms with E-state index in [9.17, 15) is 9.59 Å². The van der Waals surface area contributed by atoms with E-state index in [0.29, 0.717) is 6.54 Å². The van der Waals surface area contributed by atoms with Crippen LogP contribution >= 0.6 is 0 Å². The fourth-order valence-electron chi connectivity index (χ4n) is 1.85. The van der Waals surface area contributed by atoms with E-state index < -0.39 is 0 Å². The predicted octanol–water partition coefficient (Wildman–Crippen LogP) is 1.50. The molecule has 0 aliphatic heterocycles. The summed E-state index contributed by atoms with van der Waals surface area (Å²) in [6, 6.07) is 9.35. The number of rotatable bonds is 8. The molecule has 0 radical (unpaired) electrons. The maximum absolute atomic E-state index is 11.8. The Balaban J connectivity index is 2.24. The van der Waals surface area contributed by atoms with Crippen molar-refractivity contribution in [1.29, 1.82) is 0 Å². The Morgan fingerprint density at radius 1 is 1.19 bits per heavy atom. The van der Waals surface area contributed by atoms with Gasteiger partial charge in [-0.15, -0.1) is 0 Å². The van der Waals surface area contributed by atoms with E-state index in [2.05, 4.69) is 10.6 Å². The van der Waals surface area contributed by atoms with Crippen LogP contribution in [0.25, 0.3) is 0 Å². The second-order valence-electron chi connectivity index (χ2n) is 5.20. The first-order valence-electron chi connectivity index (χ1n) is 7.39. The summed E-state index contributed by atoms with van der Waals surface area (Å²) in [6.07, 6.45) is 1.40. The molecule has 0 saturated carbocycles. The summed E-state index contributed by atoms with van der Waals surface area (Å²) in [7, 11) is 0. The molecular formula is C16H25N3O2. The van der Waals surface area contributed by atoms with Crippen LogP contribution in [0, 0.1) is 0 Å². The zero-order chi connectivity index (χ0) is 15.7. The molecule has 1 aromatic rings. The third-order valence-corrected chi connectivity index (χ3v) is 3.33. The van der Waals surface area contributed by atoms with Gasteiger partial charge in [-0.05, 0) is 18.9 Å². The van der Waals surface area contributed by atoms with Crippen molar-refractivity contribution < 1.29 is 9.59 Å². The molecule has 0 fully saturated rings. The number of hydrogen-bond donors (Lipinski definition) is 3. The smallest absolute Gasteiger partial charge is 0.221 e. The van der Waals surface area contributed by atoms with Crippen LogP contribution in [0.15, 0.2) is 30.3 Å². The largest absolute Gasteiger partial charge is 0.356 e. The minimum atomic E-state index is -0.319. The maximum Gasteiger partial charge on any atom is 0.221 e. The molecule has 0 saturated heterocycles. The lowest BCUT2D eigenvalue weighted by molar-refractivity contribution is -0.122. The van der Waals surface area contributed by atoms with Gasteiger partial charge in [-0.3, -0.25) is 9.59 Å². The zero-order valence-corrected chi connectivity index (χ0v) is 12.8. The second-order valence-corrected chi connectivity index (χ2v) is 5.20. The number of nitrogens with two attached hydrogens (primary N) is 1. The molecule has 5 heteroatoms. The van der Waals surface area contributed by atoms with Crippen LogP contribution in [0.1, 0.15) is 44.7 Å². The Labute approximate surface area is 126 Å². The number of carbonyl (C=O) groups excluding carboxylic acids is 2. The Kier molecular flexibility index (Phi) is 7.46. The van der Waals surface area contributed by atoms with E-state index in [-0.39, 0.29) is 36.7 Å². The Hall–Kier alpha value is -1.88. The summed E-state index contributed by atoms with van der Waals surface area (Å²) in [4.78, 5) is 23.3. The molecule has 0 spiro atoms. The van der Waals surface area contributed by atoms with Crippen molar-refractivity contribution in [3.05, 3.63) is 35.9 Å². The summed E-state index contributed by atoms with van der Waals surface area (Å²) in [6.45, 7) is 4.30. The zero-order valence-electron chi connectivity index (χ0n) is 12.8. The van der Waals surface area contributed by atoms with Gasteiger partial charge in [0.05, 0.1) is 0 Å². The first-order chi connectivity index (χ1) is 10.0. The molecule has 1 rings (SSSR count). The van der Waals surface area contributed by atoms with Gasteiger partial charge < -0.3 is 16.4 Å². The first-order valence-corrected chi connectivity index (χ1v) is 7.39. The van der Waals surface area contributed by atoms with E-state index in [1.807, 2.05) is 44.2 Å². The van der Waals surface area contributed by atoms with Crippen molar-refractivity contribution in [1.82, 2.24) is 10.6 Å². The third kappa shape index (κ3) is 6.90. The second kappa shape index (κ2) is 9.13. The van der Waals surface area contributed by atoms with E-state index >= 15 is 0 Å². The average Bonchev–Trinajstić information content (AvgIpc) is 2.47. The van der Waals surface area contributed by atoms with Crippen LogP contribution in [-0.4, -0.2) is 24.4 Å². The number of nitrogens with one attached hydrogen (secondary N) is 2. The molecule has 1 aromatic carbocycles. The molecule has 21 heavy (non-hydrogen) atoms. The van der Waals surface area contributed by atoms with Crippen molar-refractivity contribution in [2.45, 2.75) is 45.2 Å². The van der Waals surface area contributed by atoms with Gasteiger partial charge in [0.25, 0.3) is 0 Å². The van der Waals surface area contributed by atoms with E-state index in [1.54, 1.807) is 0 Å². The lowest BCUT2D eigenvalue weighted by atomic mass is 10.0. The SMILES string of the molecule is CCC(C)NC(=O)CCNC(=O)CC(N)c1ccccc1. The lowest BCUT2D eigenvalue weighted by Gasteiger charge is -2.13. The minimum Gasteiger partial charge on any atom is -0.356 e. The Bertz CT molecular complexity index is 448. The summed E-state index contributed by atoms with van der Waals surface area (Å²) in [5, 5.41) is 5.58. The fraction of sp³-hybridized carbons (Fsp3) is 0.500. The van der Waals surface area contributed by atoms with E-state index in [0.717, 1.165) is 12.0 Å². The van der Waals surface area contributed by atoms with Crippen molar-refractivity contribution in [3.8, 4) is 0 Å². The lowest BCUT2D eigenvalue weighted by Crippen LogP contribution is -2.35. The van der Waals surface area contributed by atoms with Gasteiger partial charge in [-0.2, -0.15) is 0 Å². The van der Waals surface area contributed by atoms with Crippen LogP contribution in [-0.2, 0) is 9.59 Å². The highest BCUT2D eigenvalue weighted by atomic mass is 16.2. The van der Waals surface area contributed by atoms with Gasteiger partial charge in [0.2, 0.25) is 11.8 Å². The van der Waals surface area contributed by atoms with E-state index in [4.69, 9.17) is 5.73 Å². The van der Waals surface area contributed by atoms with Gasteiger partial charge >= 0.3 is 0 Å². The van der Waals surface area contributed by atoms with Crippen LogP contribution < -0.4 is 16.4 Å². The molecule has 0 aromatic heterocycles. The van der Waals surface area contributed by atoms with Gasteiger partial charge in [-0.25, -0.2) is 0 Å². The molecule has 2 unspecified atom stereocenters. The monoisotopic (exact) mass is 291 g/mol. The van der Waals surface area contributed by atoms with Gasteiger partial charge in [0.15, 0.2) is 0 Å². The number of hydrogen-bond acceptors (Lipinski definition) is 3. The average molecular weight is 291 g/mol. The third-order valence-electron chi connectivity index (χ3n) is 3.33. The molecule has 2 atom stereocenters. The normalized spacial score (nSPS) is 13.3. The summed E-state index contributed by atoms with van der Waals surface area (Å²) in [5.74, 6) is -0.181. The molecular weight excluding hydrogens is 266 g/mol.